The molecule has 0 bridgehead atoms. The molecule has 1 N–H and O–H groups in total. The van der Waals surface area contributed by atoms with Crippen molar-refractivity contribution in [3.8, 4) is 11.8 Å². The van der Waals surface area contributed by atoms with Gasteiger partial charge in [-0.15, -0.1) is 0 Å². The van der Waals surface area contributed by atoms with Crippen LogP contribution < -0.4 is 9.64 Å². The first-order valence-electron chi connectivity index (χ1n) is 6.48. The highest BCUT2D eigenvalue weighted by atomic mass is 79.9. The van der Waals surface area contributed by atoms with Crippen LogP contribution in [-0.4, -0.2) is 18.3 Å². The van der Waals surface area contributed by atoms with Crippen molar-refractivity contribution >= 4 is 39.3 Å². The Balaban J connectivity index is 2.39. The van der Waals surface area contributed by atoms with Crippen LogP contribution in [0.3, 0.4) is 0 Å². The minimum atomic E-state index is -1.16. The van der Waals surface area contributed by atoms with E-state index in [1.165, 1.54) is 12.1 Å². The van der Waals surface area contributed by atoms with Gasteiger partial charge in [0.05, 0.1) is 29.9 Å². The Morgan fingerprint density at radius 2 is 2.04 bits per heavy atom. The maximum atomic E-state index is 11.6. The molecule has 0 aliphatic carbocycles. The number of halogens is 2. The topological polar surface area (TPSA) is 73.6 Å². The summed E-state index contributed by atoms with van der Waals surface area (Å²) in [5.74, 6) is 0.684. The van der Waals surface area contributed by atoms with E-state index in [-0.39, 0.29) is 17.3 Å². The molecule has 0 spiro atoms. The van der Waals surface area contributed by atoms with Gasteiger partial charge in [0, 0.05) is 4.47 Å². The Morgan fingerprint density at radius 1 is 1.39 bits per heavy atom. The number of nitriles is 1. The predicted octanol–water partition coefficient (Wildman–Crippen LogP) is 4.67. The van der Waals surface area contributed by atoms with E-state index in [2.05, 4.69) is 15.9 Å². The van der Waals surface area contributed by atoms with Gasteiger partial charge in [-0.25, -0.2) is 4.79 Å². The molecule has 0 saturated carbocycles. The standard InChI is InChI=1S/C16H12BrClN2O3/c1-23-12-4-2-10(3-5-12)9-20(16(21)22)15-6-11(8-19)13(17)7-14(15)18/h2-7H,9H2,1H3,(H,21,22). The predicted molar refractivity (Wildman–Crippen MR) is 91.1 cm³/mol. The summed E-state index contributed by atoms with van der Waals surface area (Å²) < 4.78 is 5.59. The summed E-state index contributed by atoms with van der Waals surface area (Å²) in [5, 5.41) is 18.8. The molecule has 0 atom stereocenters. The van der Waals surface area contributed by atoms with Crippen molar-refractivity contribution in [3.05, 3.63) is 57.0 Å². The molecule has 0 unspecified atom stereocenters. The average Bonchev–Trinajstić information content (AvgIpc) is 2.53. The Morgan fingerprint density at radius 3 is 2.57 bits per heavy atom. The third kappa shape index (κ3) is 3.95. The van der Waals surface area contributed by atoms with Crippen LogP contribution in [0, 0.1) is 11.3 Å². The maximum Gasteiger partial charge on any atom is 0.412 e. The molecule has 7 heteroatoms. The minimum absolute atomic E-state index is 0.103. The summed E-state index contributed by atoms with van der Waals surface area (Å²) >= 11 is 9.37. The number of rotatable bonds is 4. The summed E-state index contributed by atoms with van der Waals surface area (Å²) in [6.45, 7) is 0.103. The lowest BCUT2D eigenvalue weighted by molar-refractivity contribution is 0.201. The van der Waals surface area contributed by atoms with E-state index in [1.807, 2.05) is 6.07 Å². The number of amides is 1. The fourth-order valence-corrected chi connectivity index (χ4v) is 2.83. The van der Waals surface area contributed by atoms with E-state index >= 15 is 0 Å². The van der Waals surface area contributed by atoms with Crippen LogP contribution in [0.15, 0.2) is 40.9 Å². The van der Waals surface area contributed by atoms with Crippen molar-refractivity contribution in [1.82, 2.24) is 0 Å². The number of carboxylic acid groups (broad SMARTS) is 1. The molecule has 5 nitrogen and oxygen atoms in total. The lowest BCUT2D eigenvalue weighted by Gasteiger charge is -2.21. The quantitative estimate of drug-likeness (QED) is 0.816. The third-order valence-corrected chi connectivity index (χ3v) is 4.14. The molecule has 0 radical (unpaired) electrons. The van der Waals surface area contributed by atoms with E-state index in [1.54, 1.807) is 31.4 Å². The van der Waals surface area contributed by atoms with Gasteiger partial charge in [-0.05, 0) is 45.8 Å². The van der Waals surface area contributed by atoms with Crippen molar-refractivity contribution in [2.45, 2.75) is 6.54 Å². The summed E-state index contributed by atoms with van der Waals surface area (Å²) in [6, 6.07) is 12.0. The molecule has 0 aromatic heterocycles. The van der Waals surface area contributed by atoms with Crippen molar-refractivity contribution in [3.63, 3.8) is 0 Å². The zero-order valence-electron chi connectivity index (χ0n) is 12.1. The Hall–Kier alpha value is -2.23. The lowest BCUT2D eigenvalue weighted by atomic mass is 10.1. The van der Waals surface area contributed by atoms with Gasteiger partial charge >= 0.3 is 6.09 Å². The van der Waals surface area contributed by atoms with Gasteiger partial charge in [-0.3, -0.25) is 4.90 Å². The molecule has 2 rings (SSSR count). The van der Waals surface area contributed by atoms with E-state index in [0.29, 0.717) is 15.8 Å². The largest absolute Gasteiger partial charge is 0.497 e. The van der Waals surface area contributed by atoms with Crippen LogP contribution >= 0.6 is 27.5 Å². The van der Waals surface area contributed by atoms with E-state index in [0.717, 1.165) is 10.5 Å². The van der Waals surface area contributed by atoms with Crippen LogP contribution in [0.25, 0.3) is 0 Å². The Bertz CT molecular complexity index is 772. The zero-order chi connectivity index (χ0) is 17.0. The molecule has 0 aliphatic heterocycles. The van der Waals surface area contributed by atoms with Crippen molar-refractivity contribution in [2.24, 2.45) is 0 Å². The minimum Gasteiger partial charge on any atom is -0.497 e. The molecule has 0 fully saturated rings. The van der Waals surface area contributed by atoms with Crippen LogP contribution in [0.1, 0.15) is 11.1 Å². The maximum absolute atomic E-state index is 11.6. The molecule has 23 heavy (non-hydrogen) atoms. The third-order valence-electron chi connectivity index (χ3n) is 3.18. The number of benzene rings is 2. The van der Waals surface area contributed by atoms with Crippen LogP contribution in [0.2, 0.25) is 5.02 Å². The molecule has 0 saturated heterocycles. The van der Waals surface area contributed by atoms with E-state index in [9.17, 15) is 9.90 Å². The second kappa shape index (κ2) is 7.36. The number of ether oxygens (including phenoxy) is 1. The zero-order valence-corrected chi connectivity index (χ0v) is 14.4. The number of methoxy groups -OCH3 is 1. The lowest BCUT2D eigenvalue weighted by Crippen LogP contribution is -2.29. The van der Waals surface area contributed by atoms with Gasteiger partial charge in [-0.1, -0.05) is 23.7 Å². The first-order valence-corrected chi connectivity index (χ1v) is 7.66. The van der Waals surface area contributed by atoms with E-state index < -0.39 is 6.09 Å². The molecule has 118 valence electrons. The summed E-state index contributed by atoms with van der Waals surface area (Å²) in [4.78, 5) is 12.7. The first kappa shape index (κ1) is 17.1. The highest BCUT2D eigenvalue weighted by Crippen LogP contribution is 2.33. The molecule has 2 aromatic carbocycles. The van der Waals surface area contributed by atoms with Crippen LogP contribution in [0.5, 0.6) is 5.75 Å². The van der Waals surface area contributed by atoms with Crippen molar-refractivity contribution in [2.75, 3.05) is 12.0 Å². The molecule has 0 aliphatic rings. The number of nitrogens with zero attached hydrogens (tertiary/aromatic N) is 2. The van der Waals surface area contributed by atoms with Crippen LogP contribution in [-0.2, 0) is 6.54 Å². The normalized spacial score (nSPS) is 10.0. The molecule has 0 heterocycles. The second-order valence-electron chi connectivity index (χ2n) is 4.61. The van der Waals surface area contributed by atoms with Gasteiger partial charge in [0.1, 0.15) is 11.8 Å². The molecule has 2 aromatic rings. The highest BCUT2D eigenvalue weighted by molar-refractivity contribution is 9.10. The summed E-state index contributed by atoms with van der Waals surface area (Å²) in [7, 11) is 1.56. The number of hydrogen-bond donors (Lipinski definition) is 1. The van der Waals surface area contributed by atoms with E-state index in [4.69, 9.17) is 21.6 Å². The second-order valence-corrected chi connectivity index (χ2v) is 5.87. The van der Waals surface area contributed by atoms with Gasteiger partial charge in [0.2, 0.25) is 0 Å². The first-order chi connectivity index (χ1) is 11.0. The Kier molecular flexibility index (Phi) is 5.48. The monoisotopic (exact) mass is 394 g/mol. The Labute approximate surface area is 146 Å². The van der Waals surface area contributed by atoms with Gasteiger partial charge in [0.15, 0.2) is 0 Å². The fraction of sp³-hybridized carbons (Fsp3) is 0.125. The smallest absolute Gasteiger partial charge is 0.412 e. The molecular weight excluding hydrogens is 384 g/mol. The van der Waals surface area contributed by atoms with Crippen molar-refractivity contribution in [1.29, 1.82) is 5.26 Å². The van der Waals surface area contributed by atoms with Crippen LogP contribution in [0.4, 0.5) is 10.5 Å². The summed E-state index contributed by atoms with van der Waals surface area (Å²) in [6.07, 6.45) is -1.16. The molecule has 1 amide bonds. The number of carbonyl (C=O) groups is 1. The highest BCUT2D eigenvalue weighted by Gasteiger charge is 2.20. The fourth-order valence-electron chi connectivity index (χ4n) is 2.00. The van der Waals surface area contributed by atoms with Gasteiger partial charge < -0.3 is 9.84 Å². The number of hydrogen-bond acceptors (Lipinski definition) is 3. The number of anilines is 1. The van der Waals surface area contributed by atoms with Gasteiger partial charge in [0.25, 0.3) is 0 Å². The van der Waals surface area contributed by atoms with Crippen molar-refractivity contribution < 1.29 is 14.6 Å². The molecular formula is C16H12BrClN2O3. The summed E-state index contributed by atoms with van der Waals surface area (Å²) in [5.41, 5.74) is 1.34. The average molecular weight is 396 g/mol. The SMILES string of the molecule is COc1ccc(CN(C(=O)O)c2cc(C#N)c(Br)cc2Cl)cc1. The van der Waals surface area contributed by atoms with Gasteiger partial charge in [-0.2, -0.15) is 5.26 Å².